The van der Waals surface area contributed by atoms with E-state index in [1.165, 1.54) is 77.0 Å². The monoisotopic (exact) mass is 316 g/mol. The Balaban J connectivity index is 1.30. The smallest absolute Gasteiger partial charge is 0.0138 e. The van der Waals surface area contributed by atoms with E-state index in [1.54, 1.807) is 6.42 Å². The Labute approximate surface area is 145 Å². The molecule has 3 aliphatic rings. The van der Waals surface area contributed by atoms with Crippen molar-refractivity contribution in [3.63, 3.8) is 0 Å². The van der Waals surface area contributed by atoms with Crippen molar-refractivity contribution >= 4 is 0 Å². The lowest BCUT2D eigenvalue weighted by molar-refractivity contribution is -0.159. The molecule has 0 aromatic carbocycles. The summed E-state index contributed by atoms with van der Waals surface area (Å²) < 4.78 is 0. The van der Waals surface area contributed by atoms with E-state index >= 15 is 0 Å². The molecule has 5 atom stereocenters. The van der Waals surface area contributed by atoms with Gasteiger partial charge in [0.05, 0.1) is 0 Å². The predicted molar refractivity (Wildman–Crippen MR) is 102 cm³/mol. The zero-order valence-corrected chi connectivity index (χ0v) is 16.1. The van der Waals surface area contributed by atoms with Crippen LogP contribution in [0.4, 0.5) is 0 Å². The predicted octanol–water partition coefficient (Wildman–Crippen LogP) is 7.54. The maximum absolute atomic E-state index is 2.67. The van der Waals surface area contributed by atoms with Crippen LogP contribution in [-0.4, -0.2) is 0 Å². The molecule has 0 aromatic heterocycles. The van der Waals surface area contributed by atoms with Gasteiger partial charge in [-0.2, -0.15) is 0 Å². The van der Waals surface area contributed by atoms with Crippen LogP contribution < -0.4 is 0 Å². The minimum atomic E-state index is 0.804. The fraction of sp³-hybridized carbons (Fsp3) is 0.913. The Morgan fingerprint density at radius 3 is 2.57 bits per heavy atom. The van der Waals surface area contributed by atoms with Gasteiger partial charge >= 0.3 is 0 Å². The second-order valence-electron chi connectivity index (χ2n) is 9.16. The molecule has 0 N–H and O–H groups in total. The van der Waals surface area contributed by atoms with Crippen molar-refractivity contribution < 1.29 is 0 Å². The Hall–Kier alpha value is -0.260. The van der Waals surface area contributed by atoms with Crippen LogP contribution in [0.5, 0.6) is 0 Å². The van der Waals surface area contributed by atoms with Gasteiger partial charge in [-0.15, -0.1) is 0 Å². The minimum Gasteiger partial charge on any atom is -0.0844 e. The maximum atomic E-state index is 2.67. The highest BCUT2D eigenvalue weighted by Crippen LogP contribution is 2.73. The van der Waals surface area contributed by atoms with E-state index in [0.717, 1.165) is 29.1 Å². The van der Waals surface area contributed by atoms with Gasteiger partial charge in [0.1, 0.15) is 0 Å². The van der Waals surface area contributed by atoms with Gasteiger partial charge in [0.25, 0.3) is 0 Å². The highest BCUT2D eigenvalue weighted by Gasteiger charge is 2.65. The molecule has 0 saturated heterocycles. The summed E-state index contributed by atoms with van der Waals surface area (Å²) >= 11 is 0. The molecule has 2 fully saturated rings. The molecule has 0 amide bonds. The Kier molecular flexibility index (Phi) is 5.92. The van der Waals surface area contributed by atoms with E-state index < -0.39 is 0 Å². The molecule has 5 unspecified atom stereocenters. The normalized spacial score (nSPS) is 35.8. The molecule has 1 spiro atoms. The van der Waals surface area contributed by atoms with Gasteiger partial charge in [-0.1, -0.05) is 83.8 Å². The van der Waals surface area contributed by atoms with Gasteiger partial charge in [-0.25, -0.2) is 0 Å². The van der Waals surface area contributed by atoms with Crippen LogP contribution in [0.2, 0.25) is 0 Å². The van der Waals surface area contributed by atoms with Gasteiger partial charge in [0.2, 0.25) is 0 Å². The first-order chi connectivity index (χ1) is 11.2. The first kappa shape index (κ1) is 17.6. The van der Waals surface area contributed by atoms with Crippen molar-refractivity contribution in [3.05, 3.63) is 11.6 Å². The van der Waals surface area contributed by atoms with Crippen LogP contribution in [0, 0.1) is 29.1 Å². The molecule has 0 aromatic rings. The molecule has 0 heteroatoms. The fourth-order valence-corrected chi connectivity index (χ4v) is 6.32. The van der Waals surface area contributed by atoms with Crippen LogP contribution >= 0.6 is 0 Å². The Bertz CT molecular complexity index is 406. The Morgan fingerprint density at radius 2 is 1.87 bits per heavy atom. The van der Waals surface area contributed by atoms with E-state index in [4.69, 9.17) is 0 Å². The average molecular weight is 317 g/mol. The molecular weight excluding hydrogens is 276 g/mol. The molecule has 2 saturated carbocycles. The molecule has 0 radical (unpaired) electrons. The molecule has 132 valence electrons. The van der Waals surface area contributed by atoms with Gasteiger partial charge in [0, 0.05) is 0 Å². The molecule has 0 heterocycles. The molecule has 0 aliphatic heterocycles. The third kappa shape index (κ3) is 3.42. The lowest BCUT2D eigenvalue weighted by atomic mass is 9.38. The summed E-state index contributed by atoms with van der Waals surface area (Å²) in [6.45, 7) is 7.20. The molecule has 3 rings (SSSR count). The SMILES string of the molecule is CCCCCCCC(CC)CCCC1=CCC23CC(C)C2CC13. The van der Waals surface area contributed by atoms with Crippen LogP contribution in [-0.2, 0) is 0 Å². The van der Waals surface area contributed by atoms with Crippen molar-refractivity contribution in [1.82, 2.24) is 0 Å². The second kappa shape index (κ2) is 7.75. The lowest BCUT2D eigenvalue weighted by Gasteiger charge is -2.66. The van der Waals surface area contributed by atoms with Gasteiger partial charge in [-0.05, 0) is 61.2 Å². The standard InChI is InChI=1S/C23H40/c1-4-6-7-8-9-11-19(5-2)12-10-13-20-14-15-23-17-18(3)21(23)16-22(20)23/h14,18-19,21-22H,4-13,15-17H2,1-3H3. The topological polar surface area (TPSA) is 0 Å². The summed E-state index contributed by atoms with van der Waals surface area (Å²) in [5, 5.41) is 0. The second-order valence-corrected chi connectivity index (χ2v) is 9.16. The number of unbranched alkanes of at least 4 members (excludes halogenated alkanes) is 4. The van der Waals surface area contributed by atoms with E-state index in [0.29, 0.717) is 0 Å². The van der Waals surface area contributed by atoms with Crippen molar-refractivity contribution in [1.29, 1.82) is 0 Å². The summed E-state index contributed by atoms with van der Waals surface area (Å²) in [6.07, 6.45) is 21.7. The molecule has 23 heavy (non-hydrogen) atoms. The highest BCUT2D eigenvalue weighted by molar-refractivity contribution is 5.31. The summed E-state index contributed by atoms with van der Waals surface area (Å²) in [5.41, 5.74) is 2.68. The largest absolute Gasteiger partial charge is 0.0844 e. The molecule has 3 aliphatic carbocycles. The van der Waals surface area contributed by atoms with Crippen LogP contribution in [0.1, 0.15) is 104 Å². The number of rotatable bonds is 11. The summed E-state index contributed by atoms with van der Waals surface area (Å²) in [6, 6.07) is 0. The van der Waals surface area contributed by atoms with Crippen LogP contribution in [0.25, 0.3) is 0 Å². The summed E-state index contributed by atoms with van der Waals surface area (Å²) in [5.74, 6) is 4.17. The Morgan fingerprint density at radius 1 is 1.09 bits per heavy atom. The van der Waals surface area contributed by atoms with Crippen LogP contribution in [0.3, 0.4) is 0 Å². The zero-order valence-electron chi connectivity index (χ0n) is 16.1. The third-order valence-corrected chi connectivity index (χ3v) is 7.87. The van der Waals surface area contributed by atoms with Gasteiger partial charge in [0.15, 0.2) is 0 Å². The summed E-state index contributed by atoms with van der Waals surface area (Å²) in [4.78, 5) is 0. The van der Waals surface area contributed by atoms with Crippen molar-refractivity contribution in [2.75, 3.05) is 0 Å². The maximum Gasteiger partial charge on any atom is -0.0138 e. The quantitative estimate of drug-likeness (QED) is 0.273. The van der Waals surface area contributed by atoms with Crippen molar-refractivity contribution in [3.8, 4) is 0 Å². The first-order valence-electron chi connectivity index (χ1n) is 10.9. The van der Waals surface area contributed by atoms with Crippen molar-refractivity contribution in [2.45, 2.75) is 104 Å². The molecular formula is C23H40. The van der Waals surface area contributed by atoms with E-state index in [1.807, 2.05) is 5.57 Å². The van der Waals surface area contributed by atoms with Gasteiger partial charge in [-0.3, -0.25) is 0 Å². The van der Waals surface area contributed by atoms with E-state index in [2.05, 4.69) is 26.8 Å². The number of hydrogen-bond acceptors (Lipinski definition) is 0. The lowest BCUT2D eigenvalue weighted by Crippen LogP contribution is -2.59. The van der Waals surface area contributed by atoms with Crippen molar-refractivity contribution in [2.24, 2.45) is 29.1 Å². The average Bonchev–Trinajstić information content (AvgIpc) is 2.84. The number of hydrogen-bond donors (Lipinski definition) is 0. The minimum absolute atomic E-state index is 0.804. The first-order valence-corrected chi connectivity index (χ1v) is 10.9. The van der Waals surface area contributed by atoms with Gasteiger partial charge < -0.3 is 0 Å². The fourth-order valence-electron chi connectivity index (χ4n) is 6.32. The van der Waals surface area contributed by atoms with E-state index in [9.17, 15) is 0 Å². The highest BCUT2D eigenvalue weighted by atomic mass is 14.7. The molecule has 0 bridgehead atoms. The van der Waals surface area contributed by atoms with E-state index in [-0.39, 0.29) is 0 Å². The molecule has 0 nitrogen and oxygen atoms in total. The van der Waals surface area contributed by atoms with Crippen LogP contribution in [0.15, 0.2) is 11.6 Å². The summed E-state index contributed by atoms with van der Waals surface area (Å²) in [7, 11) is 0. The number of allylic oxidation sites excluding steroid dienone is 2. The zero-order chi connectivity index (χ0) is 16.3. The third-order valence-electron chi connectivity index (χ3n) is 7.87.